The Kier molecular flexibility index (Phi) is 5.41. The molecule has 1 atom stereocenters. The Morgan fingerprint density at radius 3 is 2.75 bits per heavy atom. The largest absolute Gasteiger partial charge is 0.492 e. The molecule has 0 saturated carbocycles. The molecule has 0 aromatic heterocycles. The van der Waals surface area contributed by atoms with E-state index in [4.69, 9.17) is 9.84 Å². The zero-order valence-electron chi connectivity index (χ0n) is 12.0. The van der Waals surface area contributed by atoms with Crippen molar-refractivity contribution in [1.82, 2.24) is 4.90 Å². The van der Waals surface area contributed by atoms with Gasteiger partial charge in [-0.3, -0.25) is 9.69 Å². The van der Waals surface area contributed by atoms with Gasteiger partial charge in [0.2, 0.25) is 0 Å². The smallest absolute Gasteiger partial charge is 0.307 e. The Morgan fingerprint density at radius 1 is 1.35 bits per heavy atom. The molecule has 1 saturated heterocycles. The summed E-state index contributed by atoms with van der Waals surface area (Å²) < 4.78 is 5.73. The highest BCUT2D eigenvalue weighted by molar-refractivity contribution is 5.70. The van der Waals surface area contributed by atoms with Crippen molar-refractivity contribution in [2.24, 2.45) is 0 Å². The van der Waals surface area contributed by atoms with Crippen LogP contribution in [0.3, 0.4) is 0 Å². The first kappa shape index (κ1) is 14.9. The number of ether oxygens (including phenoxy) is 1. The molecule has 1 heterocycles. The van der Waals surface area contributed by atoms with Crippen molar-refractivity contribution in [3.05, 3.63) is 29.8 Å². The zero-order chi connectivity index (χ0) is 14.4. The lowest BCUT2D eigenvalue weighted by Gasteiger charge is -2.33. The van der Waals surface area contributed by atoms with E-state index in [0.717, 1.165) is 17.9 Å². The van der Waals surface area contributed by atoms with Gasteiger partial charge in [-0.15, -0.1) is 0 Å². The molecule has 0 amide bonds. The van der Waals surface area contributed by atoms with E-state index in [1.165, 1.54) is 25.8 Å². The summed E-state index contributed by atoms with van der Waals surface area (Å²) in [5.74, 6) is 0.00144. The Morgan fingerprint density at radius 2 is 2.10 bits per heavy atom. The first-order valence-corrected chi connectivity index (χ1v) is 7.33. The van der Waals surface area contributed by atoms with E-state index in [1.54, 1.807) is 0 Å². The number of carboxylic acid groups (broad SMARTS) is 1. The Labute approximate surface area is 120 Å². The number of likely N-dealkylation sites (tertiary alicyclic amines) is 1. The maximum absolute atomic E-state index is 10.6. The molecule has 4 nitrogen and oxygen atoms in total. The molecule has 20 heavy (non-hydrogen) atoms. The van der Waals surface area contributed by atoms with Crippen molar-refractivity contribution in [2.45, 2.75) is 38.6 Å². The summed E-state index contributed by atoms with van der Waals surface area (Å²) in [6, 6.07) is 7.97. The molecule has 0 radical (unpaired) electrons. The van der Waals surface area contributed by atoms with Crippen molar-refractivity contribution in [3.63, 3.8) is 0 Å². The summed E-state index contributed by atoms with van der Waals surface area (Å²) in [4.78, 5) is 13.1. The van der Waals surface area contributed by atoms with Crippen LogP contribution in [-0.2, 0) is 11.2 Å². The van der Waals surface area contributed by atoms with Crippen molar-refractivity contribution < 1.29 is 14.6 Å². The minimum atomic E-state index is -0.808. The van der Waals surface area contributed by atoms with E-state index < -0.39 is 5.97 Å². The summed E-state index contributed by atoms with van der Waals surface area (Å²) >= 11 is 0. The van der Waals surface area contributed by atoms with Crippen LogP contribution >= 0.6 is 0 Å². The second kappa shape index (κ2) is 7.29. The number of piperidine rings is 1. The number of rotatable bonds is 6. The standard InChI is InChI=1S/C16H23NO3/c1-13-4-2-3-9-17(13)10-11-20-15-7-5-14(6-8-15)12-16(18)19/h5-8,13H,2-4,9-12H2,1H3,(H,18,19). The topological polar surface area (TPSA) is 49.8 Å². The lowest BCUT2D eigenvalue weighted by atomic mass is 10.0. The summed E-state index contributed by atoms with van der Waals surface area (Å²) in [6.07, 6.45) is 3.97. The summed E-state index contributed by atoms with van der Waals surface area (Å²) in [5, 5.41) is 8.71. The summed E-state index contributed by atoms with van der Waals surface area (Å²) in [6.45, 7) is 5.09. The third-order valence-corrected chi connectivity index (χ3v) is 3.87. The van der Waals surface area contributed by atoms with E-state index >= 15 is 0 Å². The van der Waals surface area contributed by atoms with Gasteiger partial charge in [0, 0.05) is 12.6 Å². The molecule has 1 unspecified atom stereocenters. The van der Waals surface area contributed by atoms with E-state index in [1.807, 2.05) is 24.3 Å². The maximum atomic E-state index is 10.6. The monoisotopic (exact) mass is 277 g/mol. The molecule has 1 aliphatic heterocycles. The van der Waals surface area contributed by atoms with Crippen molar-refractivity contribution in [1.29, 1.82) is 0 Å². The number of carbonyl (C=O) groups is 1. The number of nitrogens with zero attached hydrogens (tertiary/aromatic N) is 1. The van der Waals surface area contributed by atoms with E-state index in [2.05, 4.69) is 11.8 Å². The maximum Gasteiger partial charge on any atom is 0.307 e. The van der Waals surface area contributed by atoms with Gasteiger partial charge in [0.05, 0.1) is 6.42 Å². The third-order valence-electron chi connectivity index (χ3n) is 3.87. The predicted octanol–water partition coefficient (Wildman–Crippen LogP) is 2.57. The SMILES string of the molecule is CC1CCCCN1CCOc1ccc(CC(=O)O)cc1. The predicted molar refractivity (Wildman–Crippen MR) is 78.2 cm³/mol. The highest BCUT2D eigenvalue weighted by Gasteiger charge is 2.17. The third kappa shape index (κ3) is 4.53. The fourth-order valence-electron chi connectivity index (χ4n) is 2.65. The molecule has 1 aromatic carbocycles. The number of carboxylic acids is 1. The van der Waals surface area contributed by atoms with E-state index in [9.17, 15) is 4.79 Å². The van der Waals surface area contributed by atoms with Crippen LogP contribution in [0.1, 0.15) is 31.7 Å². The van der Waals surface area contributed by atoms with Gasteiger partial charge in [-0.05, 0) is 44.0 Å². The second-order valence-corrected chi connectivity index (χ2v) is 5.44. The minimum absolute atomic E-state index is 0.0611. The number of benzene rings is 1. The molecule has 0 bridgehead atoms. The van der Waals surface area contributed by atoms with Gasteiger partial charge in [-0.1, -0.05) is 18.6 Å². The van der Waals surface area contributed by atoms with Crippen LogP contribution in [0.15, 0.2) is 24.3 Å². The fraction of sp³-hybridized carbons (Fsp3) is 0.562. The summed E-state index contributed by atoms with van der Waals surface area (Å²) in [5.41, 5.74) is 0.800. The first-order chi connectivity index (χ1) is 9.65. The second-order valence-electron chi connectivity index (χ2n) is 5.44. The average molecular weight is 277 g/mol. The molecule has 0 spiro atoms. The van der Waals surface area contributed by atoms with Gasteiger partial charge in [0.1, 0.15) is 12.4 Å². The molecular formula is C16H23NO3. The molecule has 1 aliphatic rings. The average Bonchev–Trinajstić information content (AvgIpc) is 2.42. The number of aliphatic carboxylic acids is 1. The van der Waals surface area contributed by atoms with Crippen molar-refractivity contribution >= 4 is 5.97 Å². The normalized spacial score (nSPS) is 19.8. The van der Waals surface area contributed by atoms with Crippen LogP contribution < -0.4 is 4.74 Å². The van der Waals surface area contributed by atoms with Crippen molar-refractivity contribution in [3.8, 4) is 5.75 Å². The molecular weight excluding hydrogens is 254 g/mol. The molecule has 1 N–H and O–H groups in total. The van der Waals surface area contributed by atoms with Gasteiger partial charge in [-0.2, -0.15) is 0 Å². The van der Waals surface area contributed by atoms with Gasteiger partial charge in [0.25, 0.3) is 0 Å². The number of hydrogen-bond donors (Lipinski definition) is 1. The molecule has 2 rings (SSSR count). The Bertz CT molecular complexity index is 430. The van der Waals surface area contributed by atoms with Gasteiger partial charge in [-0.25, -0.2) is 0 Å². The molecule has 1 fully saturated rings. The van der Waals surface area contributed by atoms with Crippen LogP contribution in [-0.4, -0.2) is 41.7 Å². The highest BCUT2D eigenvalue weighted by Crippen LogP contribution is 2.16. The van der Waals surface area contributed by atoms with Crippen molar-refractivity contribution in [2.75, 3.05) is 19.7 Å². The van der Waals surface area contributed by atoms with Crippen LogP contribution in [0, 0.1) is 0 Å². The van der Waals surface area contributed by atoms with Gasteiger partial charge < -0.3 is 9.84 Å². The van der Waals surface area contributed by atoms with Gasteiger partial charge in [0.15, 0.2) is 0 Å². The quantitative estimate of drug-likeness (QED) is 0.868. The molecule has 4 heteroatoms. The van der Waals surface area contributed by atoms with E-state index in [-0.39, 0.29) is 6.42 Å². The van der Waals surface area contributed by atoms with Crippen LogP contribution in [0.2, 0.25) is 0 Å². The minimum Gasteiger partial charge on any atom is -0.492 e. The molecule has 110 valence electrons. The lowest BCUT2D eigenvalue weighted by Crippen LogP contribution is -2.39. The van der Waals surface area contributed by atoms with Crippen LogP contribution in [0.25, 0.3) is 0 Å². The molecule has 1 aromatic rings. The van der Waals surface area contributed by atoms with Crippen LogP contribution in [0.4, 0.5) is 0 Å². The lowest BCUT2D eigenvalue weighted by molar-refractivity contribution is -0.136. The first-order valence-electron chi connectivity index (χ1n) is 7.33. The fourth-order valence-corrected chi connectivity index (χ4v) is 2.65. The molecule has 0 aliphatic carbocycles. The Hall–Kier alpha value is -1.55. The Balaban J connectivity index is 1.74. The zero-order valence-corrected chi connectivity index (χ0v) is 12.0. The number of hydrogen-bond acceptors (Lipinski definition) is 3. The van der Waals surface area contributed by atoms with Gasteiger partial charge >= 0.3 is 5.97 Å². The van der Waals surface area contributed by atoms with Crippen LogP contribution in [0.5, 0.6) is 5.75 Å². The van der Waals surface area contributed by atoms with E-state index in [0.29, 0.717) is 12.6 Å². The highest BCUT2D eigenvalue weighted by atomic mass is 16.5. The summed E-state index contributed by atoms with van der Waals surface area (Å²) in [7, 11) is 0.